The Morgan fingerprint density at radius 2 is 1.95 bits per heavy atom. The summed E-state index contributed by atoms with van der Waals surface area (Å²) in [6.45, 7) is 6.42. The van der Waals surface area contributed by atoms with Gasteiger partial charge in [0, 0.05) is 18.7 Å². The maximum Gasteiger partial charge on any atom is 0.0827 e. The number of aromatic nitrogens is 1. The van der Waals surface area contributed by atoms with Gasteiger partial charge in [0.05, 0.1) is 17.7 Å². The van der Waals surface area contributed by atoms with Crippen LogP contribution >= 0.6 is 0 Å². The van der Waals surface area contributed by atoms with E-state index in [2.05, 4.69) is 43.3 Å². The van der Waals surface area contributed by atoms with Crippen LogP contribution in [-0.4, -0.2) is 18.2 Å². The van der Waals surface area contributed by atoms with Gasteiger partial charge in [0.1, 0.15) is 0 Å². The molecular formula is C16H23N3O. The summed E-state index contributed by atoms with van der Waals surface area (Å²) in [4.78, 5) is 4.50. The van der Waals surface area contributed by atoms with E-state index in [1.165, 1.54) is 0 Å². The molecule has 1 heterocycles. The van der Waals surface area contributed by atoms with E-state index in [0.717, 1.165) is 16.5 Å². The SMILES string of the molecule is COC(C(NN)c1cnc2ccccc2c1)C(C)(C)C. The van der Waals surface area contributed by atoms with Crippen LogP contribution in [0, 0.1) is 5.41 Å². The molecule has 2 unspecified atom stereocenters. The van der Waals surface area contributed by atoms with E-state index < -0.39 is 0 Å². The topological polar surface area (TPSA) is 60.2 Å². The molecule has 0 aliphatic carbocycles. The molecule has 0 aliphatic heterocycles. The second-order valence-corrected chi connectivity index (χ2v) is 6.13. The summed E-state index contributed by atoms with van der Waals surface area (Å²) < 4.78 is 5.66. The Morgan fingerprint density at radius 1 is 1.25 bits per heavy atom. The second kappa shape index (κ2) is 5.87. The summed E-state index contributed by atoms with van der Waals surface area (Å²) in [5.41, 5.74) is 4.86. The smallest absolute Gasteiger partial charge is 0.0827 e. The predicted molar refractivity (Wildman–Crippen MR) is 82.1 cm³/mol. The molecule has 0 spiro atoms. The molecule has 2 atom stereocenters. The lowest BCUT2D eigenvalue weighted by molar-refractivity contribution is -0.0120. The van der Waals surface area contributed by atoms with E-state index in [-0.39, 0.29) is 17.6 Å². The van der Waals surface area contributed by atoms with Crippen molar-refractivity contribution in [3.8, 4) is 0 Å². The van der Waals surface area contributed by atoms with Crippen LogP contribution < -0.4 is 11.3 Å². The van der Waals surface area contributed by atoms with E-state index in [9.17, 15) is 0 Å². The fourth-order valence-electron chi connectivity index (χ4n) is 2.61. The van der Waals surface area contributed by atoms with E-state index in [4.69, 9.17) is 10.6 Å². The summed E-state index contributed by atoms with van der Waals surface area (Å²) in [7, 11) is 1.72. The number of methoxy groups -OCH3 is 1. The Balaban J connectivity index is 2.43. The number of nitrogens with two attached hydrogens (primary N) is 1. The van der Waals surface area contributed by atoms with Crippen LogP contribution in [-0.2, 0) is 4.74 Å². The molecule has 20 heavy (non-hydrogen) atoms. The minimum atomic E-state index is -0.0999. The summed E-state index contributed by atoms with van der Waals surface area (Å²) in [5.74, 6) is 5.76. The second-order valence-electron chi connectivity index (χ2n) is 6.13. The first kappa shape index (κ1) is 14.9. The first-order valence-electron chi connectivity index (χ1n) is 6.81. The lowest BCUT2D eigenvalue weighted by Crippen LogP contribution is -2.44. The van der Waals surface area contributed by atoms with Gasteiger partial charge in [-0.1, -0.05) is 39.0 Å². The molecule has 0 radical (unpaired) electrons. The Labute approximate surface area is 120 Å². The Kier molecular flexibility index (Phi) is 4.38. The maximum atomic E-state index is 5.76. The van der Waals surface area contributed by atoms with Crippen molar-refractivity contribution in [3.05, 3.63) is 42.1 Å². The number of ether oxygens (including phenoxy) is 1. The number of nitrogens with zero attached hydrogens (tertiary/aromatic N) is 1. The number of rotatable bonds is 4. The molecule has 0 amide bonds. The highest BCUT2D eigenvalue weighted by molar-refractivity contribution is 5.78. The number of benzene rings is 1. The van der Waals surface area contributed by atoms with Crippen LogP contribution in [0.25, 0.3) is 10.9 Å². The average molecular weight is 273 g/mol. The van der Waals surface area contributed by atoms with Gasteiger partial charge in [-0.05, 0) is 23.1 Å². The standard InChI is InChI=1S/C16H23N3O/c1-16(2,3)15(20-4)14(19-17)12-9-11-7-5-6-8-13(11)18-10-12/h5-10,14-15,19H,17H2,1-4H3. The van der Waals surface area contributed by atoms with Crippen LogP contribution in [0.2, 0.25) is 0 Å². The minimum Gasteiger partial charge on any atom is -0.379 e. The zero-order chi connectivity index (χ0) is 14.8. The molecule has 3 N–H and O–H groups in total. The highest BCUT2D eigenvalue weighted by atomic mass is 16.5. The summed E-state index contributed by atoms with van der Waals surface area (Å²) in [5, 5.41) is 1.11. The highest BCUT2D eigenvalue weighted by Gasteiger charge is 2.33. The van der Waals surface area contributed by atoms with Crippen molar-refractivity contribution in [2.24, 2.45) is 11.3 Å². The quantitative estimate of drug-likeness (QED) is 0.664. The van der Waals surface area contributed by atoms with Crippen molar-refractivity contribution < 1.29 is 4.74 Å². The zero-order valence-electron chi connectivity index (χ0n) is 12.6. The molecule has 0 fully saturated rings. The van der Waals surface area contributed by atoms with Gasteiger partial charge in [-0.2, -0.15) is 0 Å². The Morgan fingerprint density at radius 3 is 2.55 bits per heavy atom. The van der Waals surface area contributed by atoms with Crippen LogP contribution in [0.4, 0.5) is 0 Å². The number of fused-ring (bicyclic) bond motifs is 1. The third-order valence-corrected chi connectivity index (χ3v) is 3.56. The number of pyridine rings is 1. The molecule has 0 aliphatic rings. The fraction of sp³-hybridized carbons (Fsp3) is 0.438. The van der Waals surface area contributed by atoms with Crippen LogP contribution in [0.1, 0.15) is 32.4 Å². The highest BCUT2D eigenvalue weighted by Crippen LogP contribution is 2.32. The average Bonchev–Trinajstić information content (AvgIpc) is 2.42. The normalized spacial score (nSPS) is 15.2. The number of nitrogens with one attached hydrogen (secondary N) is 1. The lowest BCUT2D eigenvalue weighted by Gasteiger charge is -2.35. The number of hydrazine groups is 1. The monoisotopic (exact) mass is 273 g/mol. The van der Waals surface area contributed by atoms with Crippen molar-refractivity contribution in [1.29, 1.82) is 0 Å². The van der Waals surface area contributed by atoms with Gasteiger partial charge in [0.15, 0.2) is 0 Å². The molecule has 1 aromatic carbocycles. The van der Waals surface area contributed by atoms with Crippen LogP contribution in [0.3, 0.4) is 0 Å². The molecule has 1 aromatic heterocycles. The molecule has 108 valence electrons. The van der Waals surface area contributed by atoms with Crippen molar-refractivity contribution in [3.63, 3.8) is 0 Å². The molecular weight excluding hydrogens is 250 g/mol. The van der Waals surface area contributed by atoms with Crippen molar-refractivity contribution in [2.75, 3.05) is 7.11 Å². The summed E-state index contributed by atoms with van der Waals surface area (Å²) >= 11 is 0. The number of hydrogen-bond acceptors (Lipinski definition) is 4. The largest absolute Gasteiger partial charge is 0.379 e. The van der Waals surface area contributed by atoms with Crippen LogP contribution in [0.15, 0.2) is 36.5 Å². The predicted octanol–water partition coefficient (Wildman–Crippen LogP) is 2.80. The molecule has 4 heteroatoms. The van der Waals surface area contributed by atoms with E-state index >= 15 is 0 Å². The molecule has 4 nitrogen and oxygen atoms in total. The van der Waals surface area contributed by atoms with Gasteiger partial charge in [-0.15, -0.1) is 0 Å². The van der Waals surface area contributed by atoms with E-state index in [0.29, 0.717) is 0 Å². The van der Waals surface area contributed by atoms with Gasteiger partial charge >= 0.3 is 0 Å². The first-order valence-corrected chi connectivity index (χ1v) is 6.81. The van der Waals surface area contributed by atoms with Crippen molar-refractivity contribution in [2.45, 2.75) is 32.9 Å². The van der Waals surface area contributed by atoms with Gasteiger partial charge in [-0.3, -0.25) is 16.3 Å². The summed E-state index contributed by atoms with van der Waals surface area (Å²) in [6, 6.07) is 10.1. The Bertz CT molecular complexity index is 577. The maximum absolute atomic E-state index is 5.76. The molecule has 0 saturated carbocycles. The molecule has 2 rings (SSSR count). The van der Waals surface area contributed by atoms with Crippen molar-refractivity contribution in [1.82, 2.24) is 10.4 Å². The van der Waals surface area contributed by atoms with Gasteiger partial charge in [0.2, 0.25) is 0 Å². The molecule has 0 bridgehead atoms. The fourth-order valence-corrected chi connectivity index (χ4v) is 2.61. The zero-order valence-corrected chi connectivity index (χ0v) is 12.6. The van der Waals surface area contributed by atoms with Crippen molar-refractivity contribution >= 4 is 10.9 Å². The third-order valence-electron chi connectivity index (χ3n) is 3.56. The third kappa shape index (κ3) is 2.98. The summed E-state index contributed by atoms with van der Waals surface area (Å²) in [6.07, 6.45) is 1.82. The molecule has 2 aromatic rings. The first-order chi connectivity index (χ1) is 9.47. The Hall–Kier alpha value is -1.49. The van der Waals surface area contributed by atoms with E-state index in [1.807, 2.05) is 24.4 Å². The minimum absolute atomic E-state index is 0.0303. The molecule has 0 saturated heterocycles. The van der Waals surface area contributed by atoms with Crippen LogP contribution in [0.5, 0.6) is 0 Å². The number of para-hydroxylation sites is 1. The number of hydrogen-bond donors (Lipinski definition) is 2. The van der Waals surface area contributed by atoms with E-state index in [1.54, 1.807) is 7.11 Å². The lowest BCUT2D eigenvalue weighted by atomic mass is 9.82. The van der Waals surface area contributed by atoms with Gasteiger partial charge in [-0.25, -0.2) is 0 Å². The van der Waals surface area contributed by atoms with Gasteiger partial charge in [0.25, 0.3) is 0 Å². The van der Waals surface area contributed by atoms with Gasteiger partial charge < -0.3 is 4.74 Å².